The van der Waals surface area contributed by atoms with Crippen molar-refractivity contribution in [2.45, 2.75) is 57.8 Å². The third-order valence-corrected chi connectivity index (χ3v) is 3.82. The molecule has 2 aliphatic heterocycles. The number of rotatable bonds is 3. The van der Waals surface area contributed by atoms with Gasteiger partial charge in [0.2, 0.25) is 5.91 Å². The van der Waals surface area contributed by atoms with E-state index in [2.05, 4.69) is 19.2 Å². The normalized spacial score (nSPS) is 34.0. The summed E-state index contributed by atoms with van der Waals surface area (Å²) < 4.78 is 5.74. The lowest BCUT2D eigenvalue weighted by atomic mass is 10.1. The van der Waals surface area contributed by atoms with Gasteiger partial charge in [0.05, 0.1) is 12.2 Å². The average Bonchev–Trinajstić information content (AvgIpc) is 2.73. The molecule has 2 saturated heterocycles. The highest BCUT2D eigenvalue weighted by atomic mass is 16.5. The molecule has 1 amide bonds. The van der Waals surface area contributed by atoms with Gasteiger partial charge >= 0.3 is 0 Å². The van der Waals surface area contributed by atoms with E-state index < -0.39 is 0 Å². The molecule has 2 fully saturated rings. The van der Waals surface area contributed by atoms with E-state index in [1.165, 1.54) is 0 Å². The summed E-state index contributed by atoms with van der Waals surface area (Å²) in [6.45, 7) is 6.91. The van der Waals surface area contributed by atoms with Crippen molar-refractivity contribution in [1.29, 1.82) is 0 Å². The molecule has 0 bridgehead atoms. The molecule has 4 nitrogen and oxygen atoms in total. The summed E-state index contributed by atoms with van der Waals surface area (Å²) in [7, 11) is 0. The summed E-state index contributed by atoms with van der Waals surface area (Å²) in [5, 5.41) is 3.30. The Labute approximate surface area is 104 Å². The van der Waals surface area contributed by atoms with E-state index in [9.17, 15) is 4.79 Å². The Bertz CT molecular complexity index is 270. The van der Waals surface area contributed by atoms with Gasteiger partial charge in [-0.3, -0.25) is 4.79 Å². The molecule has 2 rings (SSSR count). The maximum absolute atomic E-state index is 12.1. The lowest BCUT2D eigenvalue weighted by Crippen LogP contribution is -2.52. The Kier molecular flexibility index (Phi) is 4.40. The van der Waals surface area contributed by atoms with Gasteiger partial charge in [0.15, 0.2) is 0 Å². The summed E-state index contributed by atoms with van der Waals surface area (Å²) in [5.41, 5.74) is 0. The van der Waals surface area contributed by atoms with E-state index in [4.69, 9.17) is 4.74 Å². The van der Waals surface area contributed by atoms with Crippen LogP contribution in [0.25, 0.3) is 0 Å². The molecular formula is C13H24N2O2. The third-order valence-electron chi connectivity index (χ3n) is 3.82. The van der Waals surface area contributed by atoms with Crippen LogP contribution < -0.4 is 5.32 Å². The quantitative estimate of drug-likeness (QED) is 0.804. The van der Waals surface area contributed by atoms with Gasteiger partial charge in [0, 0.05) is 32.1 Å². The monoisotopic (exact) mass is 240 g/mol. The standard InChI is InChI=1S/C13H24N2O2/c1-10-9-14-7-8-15(10)13(16)6-5-12-4-3-11(2)17-12/h10-12,14H,3-9H2,1-2H3/t10-,11?,12?/m0/s1. The van der Waals surface area contributed by atoms with E-state index in [1.54, 1.807) is 0 Å². The molecule has 2 unspecified atom stereocenters. The minimum atomic E-state index is 0.294. The van der Waals surface area contributed by atoms with Crippen molar-refractivity contribution in [2.75, 3.05) is 19.6 Å². The Morgan fingerprint density at radius 1 is 1.41 bits per heavy atom. The topological polar surface area (TPSA) is 41.6 Å². The number of hydrogen-bond donors (Lipinski definition) is 1. The molecular weight excluding hydrogens is 216 g/mol. The molecule has 3 atom stereocenters. The molecule has 2 heterocycles. The second-order valence-electron chi connectivity index (χ2n) is 5.33. The molecule has 2 aliphatic rings. The molecule has 0 aromatic rings. The number of ether oxygens (including phenoxy) is 1. The minimum absolute atomic E-state index is 0.294. The van der Waals surface area contributed by atoms with Crippen LogP contribution in [0.2, 0.25) is 0 Å². The van der Waals surface area contributed by atoms with Gasteiger partial charge in [-0.1, -0.05) is 0 Å². The molecule has 0 saturated carbocycles. The zero-order valence-electron chi connectivity index (χ0n) is 10.9. The highest BCUT2D eigenvalue weighted by molar-refractivity contribution is 5.76. The Hall–Kier alpha value is -0.610. The molecule has 98 valence electrons. The van der Waals surface area contributed by atoms with Crippen molar-refractivity contribution >= 4 is 5.91 Å². The Morgan fingerprint density at radius 2 is 2.24 bits per heavy atom. The van der Waals surface area contributed by atoms with Crippen LogP contribution in [-0.2, 0) is 9.53 Å². The predicted molar refractivity (Wildman–Crippen MR) is 66.8 cm³/mol. The van der Waals surface area contributed by atoms with Crippen molar-refractivity contribution < 1.29 is 9.53 Å². The van der Waals surface area contributed by atoms with Crippen LogP contribution >= 0.6 is 0 Å². The van der Waals surface area contributed by atoms with E-state index in [0.29, 0.717) is 30.6 Å². The summed E-state index contributed by atoms with van der Waals surface area (Å²) >= 11 is 0. The largest absolute Gasteiger partial charge is 0.375 e. The molecule has 0 aliphatic carbocycles. The first kappa shape index (κ1) is 12.8. The maximum Gasteiger partial charge on any atom is 0.222 e. The predicted octanol–water partition coefficient (Wildman–Crippen LogP) is 1.15. The lowest BCUT2D eigenvalue weighted by Gasteiger charge is -2.34. The highest BCUT2D eigenvalue weighted by Crippen LogP contribution is 2.23. The number of nitrogens with zero attached hydrogens (tertiary/aromatic N) is 1. The molecule has 0 aromatic heterocycles. The first-order valence-electron chi connectivity index (χ1n) is 6.82. The number of carbonyl (C=O) groups is 1. The van der Waals surface area contributed by atoms with Crippen LogP contribution in [-0.4, -0.2) is 48.7 Å². The van der Waals surface area contributed by atoms with Gasteiger partial charge in [0.1, 0.15) is 0 Å². The van der Waals surface area contributed by atoms with Crippen molar-refractivity contribution in [1.82, 2.24) is 10.2 Å². The fourth-order valence-electron chi connectivity index (χ4n) is 2.74. The lowest BCUT2D eigenvalue weighted by molar-refractivity contribution is -0.134. The number of hydrogen-bond acceptors (Lipinski definition) is 3. The summed E-state index contributed by atoms with van der Waals surface area (Å²) in [6.07, 6.45) is 4.48. The second kappa shape index (κ2) is 5.83. The van der Waals surface area contributed by atoms with Crippen molar-refractivity contribution in [3.8, 4) is 0 Å². The highest BCUT2D eigenvalue weighted by Gasteiger charge is 2.26. The van der Waals surface area contributed by atoms with Gasteiger partial charge in [-0.25, -0.2) is 0 Å². The molecule has 4 heteroatoms. The molecule has 1 N–H and O–H groups in total. The first-order valence-corrected chi connectivity index (χ1v) is 6.82. The zero-order chi connectivity index (χ0) is 12.3. The summed E-state index contributed by atoms with van der Waals surface area (Å²) in [4.78, 5) is 14.1. The fourth-order valence-corrected chi connectivity index (χ4v) is 2.74. The van der Waals surface area contributed by atoms with Crippen molar-refractivity contribution in [2.24, 2.45) is 0 Å². The van der Waals surface area contributed by atoms with Gasteiger partial charge in [-0.05, 0) is 33.1 Å². The minimum Gasteiger partial charge on any atom is -0.375 e. The van der Waals surface area contributed by atoms with E-state index >= 15 is 0 Å². The van der Waals surface area contributed by atoms with Crippen LogP contribution in [0.1, 0.15) is 39.5 Å². The first-order chi connectivity index (χ1) is 8.16. The SMILES string of the molecule is CC1CCC(CCC(=O)N2CCNC[C@@H]2C)O1. The number of nitrogens with one attached hydrogen (secondary N) is 1. The Balaban J connectivity index is 1.73. The van der Waals surface area contributed by atoms with Crippen LogP contribution in [0, 0.1) is 0 Å². The van der Waals surface area contributed by atoms with Crippen LogP contribution in [0.15, 0.2) is 0 Å². The zero-order valence-corrected chi connectivity index (χ0v) is 10.9. The summed E-state index contributed by atoms with van der Waals surface area (Å²) in [5.74, 6) is 0.294. The van der Waals surface area contributed by atoms with Crippen LogP contribution in [0.3, 0.4) is 0 Å². The van der Waals surface area contributed by atoms with E-state index in [0.717, 1.165) is 38.9 Å². The van der Waals surface area contributed by atoms with Crippen molar-refractivity contribution in [3.05, 3.63) is 0 Å². The molecule has 0 radical (unpaired) electrons. The van der Waals surface area contributed by atoms with E-state index in [-0.39, 0.29) is 0 Å². The van der Waals surface area contributed by atoms with Gasteiger partial charge < -0.3 is 15.0 Å². The van der Waals surface area contributed by atoms with E-state index in [1.807, 2.05) is 4.90 Å². The molecule has 0 spiro atoms. The smallest absolute Gasteiger partial charge is 0.222 e. The van der Waals surface area contributed by atoms with Gasteiger partial charge in [-0.15, -0.1) is 0 Å². The average molecular weight is 240 g/mol. The number of carbonyl (C=O) groups excluding carboxylic acids is 1. The number of piperazine rings is 1. The summed E-state index contributed by atoms with van der Waals surface area (Å²) in [6, 6.07) is 0.333. The van der Waals surface area contributed by atoms with Crippen LogP contribution in [0.4, 0.5) is 0 Å². The fraction of sp³-hybridized carbons (Fsp3) is 0.923. The van der Waals surface area contributed by atoms with Gasteiger partial charge in [0.25, 0.3) is 0 Å². The second-order valence-corrected chi connectivity index (χ2v) is 5.33. The number of amides is 1. The van der Waals surface area contributed by atoms with Crippen molar-refractivity contribution in [3.63, 3.8) is 0 Å². The molecule has 17 heavy (non-hydrogen) atoms. The molecule has 0 aromatic carbocycles. The van der Waals surface area contributed by atoms with Crippen LogP contribution in [0.5, 0.6) is 0 Å². The maximum atomic E-state index is 12.1. The van der Waals surface area contributed by atoms with Gasteiger partial charge in [-0.2, -0.15) is 0 Å². The third kappa shape index (κ3) is 3.42. The Morgan fingerprint density at radius 3 is 2.88 bits per heavy atom.